The van der Waals surface area contributed by atoms with Crippen molar-refractivity contribution in [3.8, 4) is 0 Å². The van der Waals surface area contributed by atoms with Crippen LogP contribution in [0.4, 0.5) is 0 Å². The van der Waals surface area contributed by atoms with Gasteiger partial charge in [-0.1, -0.05) is 25.3 Å². The van der Waals surface area contributed by atoms with E-state index in [4.69, 9.17) is 14.0 Å². The molecule has 1 unspecified atom stereocenters. The molecule has 2 aliphatic rings. The van der Waals surface area contributed by atoms with Gasteiger partial charge >= 0.3 is 7.12 Å². The molecule has 2 rings (SSSR count). The second-order valence-corrected chi connectivity index (χ2v) is 7.28. The fourth-order valence-corrected chi connectivity index (χ4v) is 2.98. The van der Waals surface area contributed by atoms with Crippen molar-refractivity contribution in [3.63, 3.8) is 0 Å². The summed E-state index contributed by atoms with van der Waals surface area (Å²) in [6.07, 6.45) is 9.63. The van der Waals surface area contributed by atoms with Crippen molar-refractivity contribution in [3.05, 3.63) is 11.5 Å². The minimum absolute atomic E-state index is 0.185. The third kappa shape index (κ3) is 4.11. The minimum atomic E-state index is -0.254. The molecule has 1 heterocycles. The van der Waals surface area contributed by atoms with Crippen molar-refractivity contribution in [2.75, 3.05) is 6.61 Å². The molecular formula is C17H31BO3. The lowest BCUT2D eigenvalue weighted by atomic mass is 9.75. The van der Waals surface area contributed by atoms with E-state index in [1.54, 1.807) is 0 Å². The molecule has 0 spiro atoms. The monoisotopic (exact) mass is 294 g/mol. The van der Waals surface area contributed by atoms with Gasteiger partial charge in [-0.15, -0.1) is 0 Å². The van der Waals surface area contributed by atoms with Crippen LogP contribution in [0.5, 0.6) is 0 Å². The highest BCUT2D eigenvalue weighted by atomic mass is 16.7. The predicted molar refractivity (Wildman–Crippen MR) is 87.3 cm³/mol. The zero-order valence-electron chi connectivity index (χ0n) is 14.4. The summed E-state index contributed by atoms with van der Waals surface area (Å²) in [5.41, 5.74) is 0.798. The Balaban J connectivity index is 2.08. The van der Waals surface area contributed by atoms with Gasteiger partial charge in [0.05, 0.1) is 17.3 Å². The van der Waals surface area contributed by atoms with E-state index in [-0.39, 0.29) is 18.3 Å². The number of ether oxygens (including phenoxy) is 1. The van der Waals surface area contributed by atoms with Gasteiger partial charge in [-0.25, -0.2) is 0 Å². The van der Waals surface area contributed by atoms with Gasteiger partial charge in [0.25, 0.3) is 0 Å². The number of hydrogen-bond acceptors (Lipinski definition) is 3. The van der Waals surface area contributed by atoms with Crippen LogP contribution in [0.3, 0.4) is 0 Å². The topological polar surface area (TPSA) is 27.7 Å². The van der Waals surface area contributed by atoms with Crippen LogP contribution in [-0.2, 0) is 14.0 Å². The maximum absolute atomic E-state index is 6.20. The molecule has 0 radical (unpaired) electrons. The van der Waals surface area contributed by atoms with Gasteiger partial charge in [-0.3, -0.25) is 0 Å². The Morgan fingerprint density at radius 2 is 1.81 bits per heavy atom. The fourth-order valence-electron chi connectivity index (χ4n) is 2.98. The third-order valence-corrected chi connectivity index (χ3v) is 5.09. The molecule has 1 atom stereocenters. The van der Waals surface area contributed by atoms with E-state index < -0.39 is 0 Å². The van der Waals surface area contributed by atoms with Crippen LogP contribution >= 0.6 is 0 Å². The summed E-state index contributed by atoms with van der Waals surface area (Å²) in [6.45, 7) is 11.3. The molecule has 0 N–H and O–H groups in total. The van der Waals surface area contributed by atoms with Crippen LogP contribution < -0.4 is 0 Å². The zero-order chi connectivity index (χ0) is 15.5. The standard InChI is InChI=1S/C17H31BO3/c1-6-19-15-11-9-7-8-10-14(12-13-15)18-20-16(2,3)17(4,5)21-18/h12,15H,6-11,13H2,1-5H3/b14-12+. The molecule has 1 fully saturated rings. The maximum Gasteiger partial charge on any atom is 0.490 e. The summed E-state index contributed by atoms with van der Waals surface area (Å²) in [5, 5.41) is 0. The van der Waals surface area contributed by atoms with Crippen LogP contribution in [0.25, 0.3) is 0 Å². The lowest BCUT2D eigenvalue weighted by Gasteiger charge is -2.32. The Bertz CT molecular complexity index is 360. The van der Waals surface area contributed by atoms with Crippen LogP contribution in [0.1, 0.15) is 73.1 Å². The molecule has 0 amide bonds. The van der Waals surface area contributed by atoms with Gasteiger partial charge in [0.2, 0.25) is 0 Å². The lowest BCUT2D eigenvalue weighted by Crippen LogP contribution is -2.41. The minimum Gasteiger partial charge on any atom is -0.400 e. The van der Waals surface area contributed by atoms with E-state index in [0.29, 0.717) is 6.10 Å². The van der Waals surface area contributed by atoms with E-state index >= 15 is 0 Å². The molecule has 4 heteroatoms. The third-order valence-electron chi connectivity index (χ3n) is 5.09. The summed E-state index contributed by atoms with van der Waals surface area (Å²) in [7, 11) is -0.185. The molecule has 0 aromatic heterocycles. The second kappa shape index (κ2) is 6.85. The van der Waals surface area contributed by atoms with Crippen molar-refractivity contribution in [2.45, 2.75) is 90.4 Å². The molecule has 0 aromatic rings. The highest BCUT2D eigenvalue weighted by molar-refractivity contribution is 6.54. The highest BCUT2D eigenvalue weighted by Crippen LogP contribution is 2.39. The average molecular weight is 294 g/mol. The van der Waals surface area contributed by atoms with Gasteiger partial charge in [0.15, 0.2) is 0 Å². The van der Waals surface area contributed by atoms with Crippen molar-refractivity contribution < 1.29 is 14.0 Å². The Morgan fingerprint density at radius 1 is 1.14 bits per heavy atom. The summed E-state index contributed by atoms with van der Waals surface area (Å²) in [6, 6.07) is 0. The molecule has 1 saturated heterocycles. The average Bonchev–Trinajstić information content (AvgIpc) is 2.67. The van der Waals surface area contributed by atoms with Crippen molar-refractivity contribution in [1.29, 1.82) is 0 Å². The summed E-state index contributed by atoms with van der Waals surface area (Å²) in [5.74, 6) is 0. The normalized spacial score (nSPS) is 32.0. The first kappa shape index (κ1) is 17.0. The Kier molecular flexibility index (Phi) is 5.56. The summed E-state index contributed by atoms with van der Waals surface area (Å²) >= 11 is 0. The van der Waals surface area contributed by atoms with E-state index in [0.717, 1.165) is 19.4 Å². The molecular weight excluding hydrogens is 263 g/mol. The summed E-state index contributed by atoms with van der Waals surface area (Å²) in [4.78, 5) is 0. The first-order valence-corrected chi connectivity index (χ1v) is 8.52. The van der Waals surface area contributed by atoms with E-state index in [2.05, 4.69) is 40.7 Å². The molecule has 1 aliphatic carbocycles. The maximum atomic E-state index is 6.20. The molecule has 0 bridgehead atoms. The lowest BCUT2D eigenvalue weighted by molar-refractivity contribution is 0.00578. The van der Waals surface area contributed by atoms with Crippen molar-refractivity contribution in [1.82, 2.24) is 0 Å². The van der Waals surface area contributed by atoms with E-state index in [9.17, 15) is 0 Å². The first-order valence-electron chi connectivity index (χ1n) is 8.52. The summed E-state index contributed by atoms with van der Waals surface area (Å²) < 4.78 is 18.2. The SMILES string of the molecule is CCOC1C/C=C(/B2OC(C)(C)C(C)(C)O2)CCCCC1. The molecule has 1 aliphatic heterocycles. The van der Waals surface area contributed by atoms with Gasteiger partial charge in [0, 0.05) is 6.61 Å². The number of allylic oxidation sites excluding steroid dienone is 1. The van der Waals surface area contributed by atoms with Gasteiger partial charge in [0.1, 0.15) is 0 Å². The second-order valence-electron chi connectivity index (χ2n) is 7.28. The zero-order valence-corrected chi connectivity index (χ0v) is 14.4. The number of hydrogen-bond donors (Lipinski definition) is 0. The fraction of sp³-hybridized carbons (Fsp3) is 0.882. The largest absolute Gasteiger partial charge is 0.490 e. The van der Waals surface area contributed by atoms with E-state index in [1.165, 1.54) is 31.2 Å². The van der Waals surface area contributed by atoms with Crippen LogP contribution in [0, 0.1) is 0 Å². The van der Waals surface area contributed by atoms with Crippen molar-refractivity contribution >= 4 is 7.12 Å². The molecule has 3 nitrogen and oxygen atoms in total. The molecule has 120 valence electrons. The van der Waals surface area contributed by atoms with Crippen LogP contribution in [0.2, 0.25) is 0 Å². The van der Waals surface area contributed by atoms with E-state index in [1.807, 2.05) is 0 Å². The molecule has 21 heavy (non-hydrogen) atoms. The van der Waals surface area contributed by atoms with Gasteiger partial charge in [-0.2, -0.15) is 0 Å². The molecule has 0 aromatic carbocycles. The highest BCUT2D eigenvalue weighted by Gasteiger charge is 2.52. The van der Waals surface area contributed by atoms with Crippen LogP contribution in [0.15, 0.2) is 11.5 Å². The Labute approximate surface area is 130 Å². The quantitative estimate of drug-likeness (QED) is 0.726. The van der Waals surface area contributed by atoms with Gasteiger partial charge in [-0.05, 0) is 59.4 Å². The smallest absolute Gasteiger partial charge is 0.400 e. The number of rotatable bonds is 3. The van der Waals surface area contributed by atoms with Crippen LogP contribution in [-0.4, -0.2) is 31.0 Å². The Hall–Kier alpha value is -0.315. The Morgan fingerprint density at radius 3 is 2.43 bits per heavy atom. The predicted octanol–water partition coefficient (Wildman–Crippen LogP) is 4.30. The van der Waals surface area contributed by atoms with Crippen molar-refractivity contribution in [2.24, 2.45) is 0 Å². The first-order chi connectivity index (χ1) is 9.86. The molecule has 0 saturated carbocycles. The van der Waals surface area contributed by atoms with Gasteiger partial charge < -0.3 is 14.0 Å².